The number of anilines is 1. The van der Waals surface area contributed by atoms with Crippen LogP contribution in [0.25, 0.3) is 0 Å². The van der Waals surface area contributed by atoms with Crippen LogP contribution in [-0.2, 0) is 22.4 Å². The van der Waals surface area contributed by atoms with Crippen molar-refractivity contribution in [3.63, 3.8) is 0 Å². The third kappa shape index (κ3) is 5.28. The summed E-state index contributed by atoms with van der Waals surface area (Å²) in [5.74, 6) is 0.361. The summed E-state index contributed by atoms with van der Waals surface area (Å²) in [6.07, 6.45) is 0.338. The lowest BCUT2D eigenvalue weighted by Gasteiger charge is -2.22. The lowest BCUT2D eigenvalue weighted by Crippen LogP contribution is -2.44. The first kappa shape index (κ1) is 21.1. The number of amides is 1. The molecule has 7 heteroatoms. The van der Waals surface area contributed by atoms with Gasteiger partial charge >= 0.3 is 6.16 Å². The SMILES string of the molecule is CC(C)COC(=O)Oc1ccc(CC(N)C(=O)N2CCc3ccccc32)c(Cl)c1. The van der Waals surface area contributed by atoms with Gasteiger partial charge in [0.15, 0.2) is 0 Å². The normalized spacial score (nSPS) is 13.9. The zero-order chi connectivity index (χ0) is 21.0. The van der Waals surface area contributed by atoms with Gasteiger partial charge in [0.2, 0.25) is 5.91 Å². The van der Waals surface area contributed by atoms with Crippen LogP contribution in [0, 0.1) is 5.92 Å². The predicted molar refractivity (Wildman–Crippen MR) is 112 cm³/mol. The number of hydrogen-bond donors (Lipinski definition) is 1. The van der Waals surface area contributed by atoms with Crippen LogP contribution in [0.15, 0.2) is 42.5 Å². The topological polar surface area (TPSA) is 81.9 Å². The highest BCUT2D eigenvalue weighted by Gasteiger charge is 2.28. The molecule has 1 aliphatic heterocycles. The van der Waals surface area contributed by atoms with Gasteiger partial charge in [-0.1, -0.05) is 49.7 Å². The molecule has 0 radical (unpaired) electrons. The highest BCUT2D eigenvalue weighted by Crippen LogP contribution is 2.29. The molecular formula is C22H25ClN2O4. The van der Waals surface area contributed by atoms with Gasteiger partial charge in [0, 0.05) is 17.3 Å². The van der Waals surface area contributed by atoms with Crippen LogP contribution >= 0.6 is 11.6 Å². The van der Waals surface area contributed by atoms with Crippen LogP contribution in [-0.4, -0.2) is 31.3 Å². The Balaban J connectivity index is 1.61. The van der Waals surface area contributed by atoms with Crippen LogP contribution in [0.2, 0.25) is 5.02 Å². The van der Waals surface area contributed by atoms with E-state index in [4.69, 9.17) is 26.8 Å². The van der Waals surface area contributed by atoms with Crippen molar-refractivity contribution in [1.82, 2.24) is 0 Å². The summed E-state index contributed by atoms with van der Waals surface area (Å²) in [4.78, 5) is 26.2. The number of para-hydroxylation sites is 1. The fourth-order valence-electron chi connectivity index (χ4n) is 3.21. The fraction of sp³-hybridized carbons (Fsp3) is 0.364. The molecular weight excluding hydrogens is 392 g/mol. The van der Waals surface area contributed by atoms with Crippen LogP contribution in [0.4, 0.5) is 10.5 Å². The molecule has 2 N–H and O–H groups in total. The second kappa shape index (κ2) is 9.29. The minimum absolute atomic E-state index is 0.136. The third-order valence-electron chi connectivity index (χ3n) is 4.67. The second-order valence-electron chi connectivity index (χ2n) is 7.49. The molecule has 154 valence electrons. The van der Waals surface area contributed by atoms with Crippen molar-refractivity contribution in [1.29, 1.82) is 0 Å². The molecule has 2 aromatic carbocycles. The van der Waals surface area contributed by atoms with E-state index in [-0.39, 0.29) is 30.6 Å². The second-order valence-corrected chi connectivity index (χ2v) is 7.90. The van der Waals surface area contributed by atoms with Crippen molar-refractivity contribution >= 4 is 29.4 Å². The van der Waals surface area contributed by atoms with Crippen LogP contribution < -0.4 is 15.4 Å². The standard InChI is InChI=1S/C22H25ClN2O4/c1-14(2)13-28-22(27)29-17-8-7-16(18(23)12-17)11-19(24)21(26)25-10-9-15-5-3-4-6-20(15)25/h3-8,12,14,19H,9-11,13,24H2,1-2H3. The minimum Gasteiger partial charge on any atom is -0.434 e. The summed E-state index contributed by atoms with van der Waals surface area (Å²) in [5.41, 5.74) is 8.97. The monoisotopic (exact) mass is 416 g/mol. The summed E-state index contributed by atoms with van der Waals surface area (Å²) >= 11 is 6.32. The van der Waals surface area contributed by atoms with E-state index in [1.54, 1.807) is 17.0 Å². The van der Waals surface area contributed by atoms with E-state index >= 15 is 0 Å². The summed E-state index contributed by atoms with van der Waals surface area (Å²) < 4.78 is 10.1. The van der Waals surface area contributed by atoms with Crippen LogP contribution in [0.3, 0.4) is 0 Å². The van der Waals surface area contributed by atoms with E-state index in [9.17, 15) is 9.59 Å². The van der Waals surface area contributed by atoms with E-state index in [1.165, 1.54) is 6.07 Å². The lowest BCUT2D eigenvalue weighted by molar-refractivity contribution is -0.119. The number of fused-ring (bicyclic) bond motifs is 1. The summed E-state index contributed by atoms with van der Waals surface area (Å²) in [5, 5.41) is 0.379. The van der Waals surface area contributed by atoms with Crippen molar-refractivity contribution < 1.29 is 19.1 Å². The molecule has 0 fully saturated rings. The molecule has 0 aromatic heterocycles. The number of benzene rings is 2. The van der Waals surface area contributed by atoms with Crippen molar-refractivity contribution in [2.75, 3.05) is 18.1 Å². The smallest absolute Gasteiger partial charge is 0.434 e. The van der Waals surface area contributed by atoms with Crippen LogP contribution in [0.5, 0.6) is 5.75 Å². The van der Waals surface area contributed by atoms with Gasteiger partial charge in [-0.3, -0.25) is 4.79 Å². The Labute approximate surface area is 175 Å². The molecule has 0 spiro atoms. The molecule has 0 saturated carbocycles. The molecule has 0 bridgehead atoms. The molecule has 3 rings (SSSR count). The maximum absolute atomic E-state index is 12.8. The zero-order valence-electron chi connectivity index (χ0n) is 16.6. The van der Waals surface area contributed by atoms with E-state index in [2.05, 4.69) is 0 Å². The van der Waals surface area contributed by atoms with Gasteiger partial charge in [-0.15, -0.1) is 0 Å². The number of hydrogen-bond acceptors (Lipinski definition) is 5. The molecule has 1 unspecified atom stereocenters. The van der Waals surface area contributed by atoms with Gasteiger partial charge in [0.05, 0.1) is 12.6 Å². The maximum atomic E-state index is 12.8. The Bertz CT molecular complexity index is 900. The Morgan fingerprint density at radius 1 is 1.21 bits per heavy atom. The number of rotatable bonds is 6. The van der Waals surface area contributed by atoms with Gasteiger partial charge in [-0.25, -0.2) is 4.79 Å². The summed E-state index contributed by atoms with van der Waals surface area (Å²) in [7, 11) is 0. The first-order chi connectivity index (χ1) is 13.8. The molecule has 0 aliphatic carbocycles. The minimum atomic E-state index is -0.776. The van der Waals surface area contributed by atoms with E-state index in [0.29, 0.717) is 17.1 Å². The quantitative estimate of drug-likeness (QED) is 0.569. The summed E-state index contributed by atoms with van der Waals surface area (Å²) in [6.45, 7) is 4.78. The molecule has 1 heterocycles. The number of nitrogens with zero attached hydrogens (tertiary/aromatic N) is 1. The lowest BCUT2D eigenvalue weighted by atomic mass is 10.0. The molecule has 0 saturated heterocycles. The summed E-state index contributed by atoms with van der Waals surface area (Å²) in [6, 6.07) is 12.0. The predicted octanol–water partition coefficient (Wildman–Crippen LogP) is 3.97. The Morgan fingerprint density at radius 3 is 2.69 bits per heavy atom. The van der Waals surface area contributed by atoms with Crippen LogP contribution in [0.1, 0.15) is 25.0 Å². The molecule has 29 heavy (non-hydrogen) atoms. The third-order valence-corrected chi connectivity index (χ3v) is 5.02. The van der Waals surface area contributed by atoms with Crippen molar-refractivity contribution in [3.05, 3.63) is 58.6 Å². The van der Waals surface area contributed by atoms with E-state index in [0.717, 1.165) is 17.7 Å². The highest BCUT2D eigenvalue weighted by atomic mass is 35.5. The Hall–Kier alpha value is -2.57. The van der Waals surface area contributed by atoms with Gasteiger partial charge < -0.3 is 20.1 Å². The molecule has 6 nitrogen and oxygen atoms in total. The number of halogens is 1. The van der Waals surface area contributed by atoms with Gasteiger partial charge in [0.1, 0.15) is 5.75 Å². The number of ether oxygens (including phenoxy) is 2. The van der Waals surface area contributed by atoms with Gasteiger partial charge in [-0.2, -0.15) is 0 Å². The largest absolute Gasteiger partial charge is 0.513 e. The average Bonchev–Trinajstić information content (AvgIpc) is 3.12. The first-order valence-corrected chi connectivity index (χ1v) is 10.0. The molecule has 2 aromatic rings. The maximum Gasteiger partial charge on any atom is 0.513 e. The van der Waals surface area contributed by atoms with Gasteiger partial charge in [-0.05, 0) is 48.1 Å². The number of carbonyl (C=O) groups excluding carboxylic acids is 2. The molecule has 1 atom stereocenters. The van der Waals surface area contributed by atoms with E-state index in [1.807, 2.05) is 38.1 Å². The number of carbonyl (C=O) groups is 2. The highest BCUT2D eigenvalue weighted by molar-refractivity contribution is 6.31. The Kier molecular flexibility index (Phi) is 6.77. The molecule has 1 amide bonds. The van der Waals surface area contributed by atoms with Gasteiger partial charge in [0.25, 0.3) is 0 Å². The number of nitrogens with two attached hydrogens (primary N) is 1. The first-order valence-electron chi connectivity index (χ1n) is 9.63. The van der Waals surface area contributed by atoms with Crippen molar-refractivity contribution in [2.45, 2.75) is 32.7 Å². The van der Waals surface area contributed by atoms with Crippen molar-refractivity contribution in [2.24, 2.45) is 11.7 Å². The van der Waals surface area contributed by atoms with E-state index < -0.39 is 12.2 Å². The zero-order valence-corrected chi connectivity index (χ0v) is 17.3. The Morgan fingerprint density at radius 2 is 1.97 bits per heavy atom. The average molecular weight is 417 g/mol. The molecule has 1 aliphatic rings. The van der Waals surface area contributed by atoms with Crippen molar-refractivity contribution in [3.8, 4) is 5.75 Å². The fourth-order valence-corrected chi connectivity index (χ4v) is 3.46.